The van der Waals surface area contributed by atoms with E-state index < -0.39 is 10.4 Å². The van der Waals surface area contributed by atoms with Crippen molar-refractivity contribution in [2.45, 2.75) is 65.4 Å². The van der Waals surface area contributed by atoms with Crippen LogP contribution in [0.25, 0.3) is 0 Å². The van der Waals surface area contributed by atoms with Crippen molar-refractivity contribution in [3.05, 3.63) is 0 Å². The number of hydrogen-bond acceptors (Lipinski definition) is 4. The van der Waals surface area contributed by atoms with E-state index in [1.165, 1.54) is 19.3 Å². The Morgan fingerprint density at radius 3 is 2.25 bits per heavy atom. The maximum Gasteiger partial charge on any atom is 0.400 e. The molecule has 4 nitrogen and oxygen atoms in total. The molecule has 16 heavy (non-hydrogen) atoms. The van der Waals surface area contributed by atoms with Gasteiger partial charge in [-0.2, -0.15) is 8.42 Å². The largest absolute Gasteiger partial charge is 0.400 e. The van der Waals surface area contributed by atoms with Crippen LogP contribution in [0.4, 0.5) is 0 Å². The van der Waals surface area contributed by atoms with Crippen molar-refractivity contribution in [2.75, 3.05) is 6.61 Å². The summed E-state index contributed by atoms with van der Waals surface area (Å²) in [4.78, 5) is 0. The van der Waals surface area contributed by atoms with Crippen LogP contribution in [0, 0.1) is 0 Å². The number of hydrogen-bond donors (Lipinski definition) is 0. The van der Waals surface area contributed by atoms with Crippen LogP contribution in [0.3, 0.4) is 0 Å². The molecule has 0 amide bonds. The average Bonchev–Trinajstić information content (AvgIpc) is 2.16. The third kappa shape index (κ3) is 9.12. The van der Waals surface area contributed by atoms with Gasteiger partial charge in [-0.1, -0.05) is 39.0 Å². The van der Waals surface area contributed by atoms with Gasteiger partial charge < -0.3 is 0 Å². The molecule has 0 heterocycles. The molecular formula is C11H24O4S. The lowest BCUT2D eigenvalue weighted by Gasteiger charge is -2.11. The van der Waals surface area contributed by atoms with E-state index in [0.717, 1.165) is 19.3 Å². The quantitative estimate of drug-likeness (QED) is 0.561. The van der Waals surface area contributed by atoms with E-state index in [1.54, 1.807) is 13.8 Å². The highest BCUT2D eigenvalue weighted by Gasteiger charge is 2.15. The summed E-state index contributed by atoms with van der Waals surface area (Å²) in [5.74, 6) is 0. The van der Waals surface area contributed by atoms with Gasteiger partial charge in [0.05, 0.1) is 12.7 Å². The van der Waals surface area contributed by atoms with E-state index in [0.29, 0.717) is 0 Å². The van der Waals surface area contributed by atoms with E-state index in [2.05, 4.69) is 11.1 Å². The third-order valence-electron chi connectivity index (χ3n) is 2.26. The Hall–Kier alpha value is -0.130. The third-order valence-corrected chi connectivity index (χ3v) is 3.35. The molecule has 0 aromatic heterocycles. The van der Waals surface area contributed by atoms with Crippen LogP contribution < -0.4 is 0 Å². The van der Waals surface area contributed by atoms with Crippen molar-refractivity contribution < 1.29 is 16.8 Å². The van der Waals surface area contributed by atoms with Crippen LogP contribution in [-0.4, -0.2) is 21.1 Å². The lowest BCUT2D eigenvalue weighted by Crippen LogP contribution is -2.17. The predicted octanol–water partition coefficient (Wildman–Crippen LogP) is 3.03. The second-order valence-electron chi connectivity index (χ2n) is 3.92. The molecule has 0 fully saturated rings. The molecule has 0 aliphatic heterocycles. The highest BCUT2D eigenvalue weighted by atomic mass is 32.3. The summed E-state index contributed by atoms with van der Waals surface area (Å²) < 4.78 is 31.6. The van der Waals surface area contributed by atoms with Crippen molar-refractivity contribution in [1.82, 2.24) is 0 Å². The zero-order valence-electron chi connectivity index (χ0n) is 10.6. The van der Waals surface area contributed by atoms with Crippen molar-refractivity contribution in [3.63, 3.8) is 0 Å². The predicted molar refractivity (Wildman–Crippen MR) is 64.5 cm³/mol. The molecule has 0 aliphatic carbocycles. The molecule has 0 saturated heterocycles. The highest BCUT2D eigenvalue weighted by molar-refractivity contribution is 7.81. The molecule has 0 aliphatic rings. The van der Waals surface area contributed by atoms with Crippen molar-refractivity contribution in [3.8, 4) is 0 Å². The van der Waals surface area contributed by atoms with E-state index in [-0.39, 0.29) is 12.7 Å². The maximum atomic E-state index is 11.1. The standard InChI is InChI=1S/C11H24O4S/c1-4-6-7-8-9-10-11(3)15-16(12,13)14-5-2/h11H,4-10H2,1-3H3. The Morgan fingerprint density at radius 2 is 1.69 bits per heavy atom. The summed E-state index contributed by atoms with van der Waals surface area (Å²) in [5, 5.41) is 0. The Kier molecular flexibility index (Phi) is 8.89. The van der Waals surface area contributed by atoms with E-state index in [1.807, 2.05) is 0 Å². The molecule has 5 heteroatoms. The first-order valence-electron chi connectivity index (χ1n) is 6.09. The lowest BCUT2D eigenvalue weighted by atomic mass is 10.1. The molecule has 0 spiro atoms. The molecule has 0 bridgehead atoms. The first-order valence-corrected chi connectivity index (χ1v) is 7.42. The van der Waals surface area contributed by atoms with Crippen LogP contribution in [0.1, 0.15) is 59.3 Å². The van der Waals surface area contributed by atoms with Crippen LogP contribution >= 0.6 is 0 Å². The van der Waals surface area contributed by atoms with Gasteiger partial charge in [-0.05, 0) is 20.3 Å². The fourth-order valence-electron chi connectivity index (χ4n) is 1.46. The van der Waals surface area contributed by atoms with Crippen LogP contribution in [0.5, 0.6) is 0 Å². The molecule has 0 aromatic rings. The molecule has 0 rings (SSSR count). The van der Waals surface area contributed by atoms with Crippen LogP contribution in [-0.2, 0) is 18.8 Å². The Labute approximate surface area is 99.7 Å². The van der Waals surface area contributed by atoms with Gasteiger partial charge in [0.25, 0.3) is 0 Å². The molecule has 1 unspecified atom stereocenters. The van der Waals surface area contributed by atoms with Gasteiger partial charge in [0.15, 0.2) is 0 Å². The lowest BCUT2D eigenvalue weighted by molar-refractivity contribution is 0.162. The summed E-state index contributed by atoms with van der Waals surface area (Å²) in [6.45, 7) is 5.67. The van der Waals surface area contributed by atoms with Crippen molar-refractivity contribution in [2.24, 2.45) is 0 Å². The first kappa shape index (κ1) is 15.9. The molecule has 0 saturated carbocycles. The minimum absolute atomic E-state index is 0.117. The molecule has 0 radical (unpaired) electrons. The fraction of sp³-hybridized carbons (Fsp3) is 1.00. The normalized spacial score (nSPS) is 13.9. The summed E-state index contributed by atoms with van der Waals surface area (Å²) in [6, 6.07) is 0. The summed E-state index contributed by atoms with van der Waals surface area (Å²) in [6.07, 6.45) is 6.27. The smallest absolute Gasteiger partial charge is 0.248 e. The minimum atomic E-state index is -3.78. The SMILES string of the molecule is CCCCCCCC(C)OS(=O)(=O)OCC. The van der Waals surface area contributed by atoms with Gasteiger partial charge in [0.2, 0.25) is 0 Å². The van der Waals surface area contributed by atoms with Gasteiger partial charge >= 0.3 is 10.4 Å². The van der Waals surface area contributed by atoms with Crippen molar-refractivity contribution in [1.29, 1.82) is 0 Å². The summed E-state index contributed by atoms with van der Waals surface area (Å²) in [5.41, 5.74) is 0. The summed E-state index contributed by atoms with van der Waals surface area (Å²) >= 11 is 0. The van der Waals surface area contributed by atoms with E-state index in [4.69, 9.17) is 4.18 Å². The van der Waals surface area contributed by atoms with Crippen LogP contribution in [0.2, 0.25) is 0 Å². The molecular weight excluding hydrogens is 228 g/mol. The fourth-order valence-corrected chi connectivity index (χ4v) is 2.30. The van der Waals surface area contributed by atoms with Gasteiger partial charge in [-0.15, -0.1) is 0 Å². The number of unbranched alkanes of at least 4 members (excludes halogenated alkanes) is 4. The minimum Gasteiger partial charge on any atom is -0.248 e. The van der Waals surface area contributed by atoms with E-state index in [9.17, 15) is 8.42 Å². The molecule has 1 atom stereocenters. The zero-order chi connectivity index (χ0) is 12.4. The second-order valence-corrected chi connectivity index (χ2v) is 5.17. The van der Waals surface area contributed by atoms with Gasteiger partial charge in [-0.25, -0.2) is 8.37 Å². The van der Waals surface area contributed by atoms with Crippen molar-refractivity contribution >= 4 is 10.4 Å². The Bertz CT molecular complexity index is 249. The number of rotatable bonds is 10. The summed E-state index contributed by atoms with van der Waals surface area (Å²) in [7, 11) is -3.78. The second kappa shape index (κ2) is 8.96. The molecule has 98 valence electrons. The monoisotopic (exact) mass is 252 g/mol. The maximum absolute atomic E-state index is 11.1. The van der Waals surface area contributed by atoms with Crippen LogP contribution in [0.15, 0.2) is 0 Å². The Morgan fingerprint density at radius 1 is 1.06 bits per heavy atom. The average molecular weight is 252 g/mol. The van der Waals surface area contributed by atoms with Gasteiger partial charge in [0.1, 0.15) is 0 Å². The first-order chi connectivity index (χ1) is 7.52. The van der Waals surface area contributed by atoms with Gasteiger partial charge in [0, 0.05) is 0 Å². The van der Waals surface area contributed by atoms with Gasteiger partial charge in [-0.3, -0.25) is 0 Å². The Balaban J connectivity index is 3.62. The molecule has 0 N–H and O–H groups in total. The topological polar surface area (TPSA) is 52.6 Å². The van der Waals surface area contributed by atoms with E-state index >= 15 is 0 Å². The highest BCUT2D eigenvalue weighted by Crippen LogP contribution is 2.11. The zero-order valence-corrected chi connectivity index (χ0v) is 11.4. The molecule has 0 aromatic carbocycles.